The molecule has 0 radical (unpaired) electrons. The summed E-state index contributed by atoms with van der Waals surface area (Å²) in [6.07, 6.45) is 2.16. The molecule has 2 aromatic carbocycles. The van der Waals surface area contributed by atoms with Gasteiger partial charge in [-0.3, -0.25) is 9.59 Å². The third-order valence-electron chi connectivity index (χ3n) is 3.30. The fourth-order valence-corrected chi connectivity index (χ4v) is 2.16. The molecule has 1 N–H and O–H groups in total. The molecule has 0 aliphatic carbocycles. The molecule has 0 saturated heterocycles. The summed E-state index contributed by atoms with van der Waals surface area (Å²) in [6.45, 7) is -0.0766. The first-order chi connectivity index (χ1) is 11.0. The molecule has 1 amide bonds. The van der Waals surface area contributed by atoms with Gasteiger partial charge in [-0.05, 0) is 42.5 Å². The third-order valence-corrected chi connectivity index (χ3v) is 3.30. The van der Waals surface area contributed by atoms with Gasteiger partial charge in [0.25, 0.3) is 5.91 Å². The zero-order chi connectivity index (χ0) is 16.4. The molecule has 3 rings (SSSR count). The molecule has 4 nitrogen and oxygen atoms in total. The zero-order valence-electron chi connectivity index (χ0n) is 11.8. The topological polar surface area (TPSA) is 55.4 Å². The summed E-state index contributed by atoms with van der Waals surface area (Å²) in [5.41, 5.74) is 0.371. The Hall–Kier alpha value is -3.02. The number of ether oxygens (including phenoxy) is 1. The number of carbonyl (C=O) groups is 2. The molecule has 0 fully saturated rings. The van der Waals surface area contributed by atoms with Crippen LogP contribution in [0.2, 0.25) is 0 Å². The van der Waals surface area contributed by atoms with Gasteiger partial charge in [-0.2, -0.15) is 0 Å². The van der Waals surface area contributed by atoms with E-state index in [9.17, 15) is 18.4 Å². The number of nitrogens with one attached hydrogen (secondary N) is 1. The van der Waals surface area contributed by atoms with Crippen LogP contribution in [-0.4, -0.2) is 18.3 Å². The molecule has 0 unspecified atom stereocenters. The molecule has 1 aliphatic heterocycles. The molecular formula is C17H11F2NO3. The summed E-state index contributed by atoms with van der Waals surface area (Å²) in [4.78, 5) is 23.4. The fourth-order valence-electron chi connectivity index (χ4n) is 2.16. The van der Waals surface area contributed by atoms with Crippen LogP contribution in [0.5, 0.6) is 5.75 Å². The van der Waals surface area contributed by atoms with Crippen LogP contribution in [0.3, 0.4) is 0 Å². The smallest absolute Gasteiger partial charge is 0.262 e. The molecule has 116 valence electrons. The zero-order valence-corrected chi connectivity index (χ0v) is 11.8. The Labute approximate surface area is 130 Å². The van der Waals surface area contributed by atoms with E-state index < -0.39 is 17.4 Å². The summed E-state index contributed by atoms with van der Waals surface area (Å²) >= 11 is 0. The Balaban J connectivity index is 1.85. The number of fused-ring (bicyclic) bond motifs is 1. The maximum absolute atomic E-state index is 13.5. The van der Waals surface area contributed by atoms with E-state index in [4.69, 9.17) is 4.74 Å². The van der Waals surface area contributed by atoms with Gasteiger partial charge in [0.15, 0.2) is 12.4 Å². The van der Waals surface area contributed by atoms with E-state index in [1.807, 2.05) is 0 Å². The van der Waals surface area contributed by atoms with Gasteiger partial charge in [0.1, 0.15) is 17.4 Å². The van der Waals surface area contributed by atoms with Crippen LogP contribution in [0.15, 0.2) is 42.5 Å². The molecule has 6 heteroatoms. The molecule has 23 heavy (non-hydrogen) atoms. The molecule has 0 spiro atoms. The average Bonchev–Trinajstić information content (AvgIpc) is 2.53. The standard InChI is InChI=1S/C17H11F2NO3/c18-12-2-1-3-13(19)11(12)5-6-15(21)10-4-7-16-14(8-10)20-17(22)9-23-16/h1-8H,9H2,(H,20,22)/b6-5+. The fraction of sp³-hybridized carbons (Fsp3) is 0.0588. The number of halogens is 2. The number of amides is 1. The maximum Gasteiger partial charge on any atom is 0.262 e. The predicted molar refractivity (Wildman–Crippen MR) is 80.3 cm³/mol. The second kappa shape index (κ2) is 6.00. The first-order valence-electron chi connectivity index (χ1n) is 6.78. The van der Waals surface area contributed by atoms with Crippen LogP contribution in [0, 0.1) is 11.6 Å². The highest BCUT2D eigenvalue weighted by Gasteiger charge is 2.17. The summed E-state index contributed by atoms with van der Waals surface area (Å²) in [5.74, 6) is -1.80. The van der Waals surface area contributed by atoms with Crippen molar-refractivity contribution in [2.45, 2.75) is 0 Å². The lowest BCUT2D eigenvalue weighted by molar-refractivity contribution is -0.118. The largest absolute Gasteiger partial charge is 0.482 e. The van der Waals surface area contributed by atoms with Crippen molar-refractivity contribution in [3.63, 3.8) is 0 Å². The van der Waals surface area contributed by atoms with Crippen molar-refractivity contribution in [1.82, 2.24) is 0 Å². The summed E-state index contributed by atoms with van der Waals surface area (Å²) < 4.78 is 32.2. The lowest BCUT2D eigenvalue weighted by Crippen LogP contribution is -2.25. The highest BCUT2D eigenvalue weighted by molar-refractivity contribution is 6.08. The minimum atomic E-state index is -0.750. The Morgan fingerprint density at radius 2 is 1.91 bits per heavy atom. The number of anilines is 1. The minimum Gasteiger partial charge on any atom is -0.482 e. The van der Waals surface area contributed by atoms with Gasteiger partial charge in [0.2, 0.25) is 0 Å². The van der Waals surface area contributed by atoms with Gasteiger partial charge >= 0.3 is 0 Å². The monoisotopic (exact) mass is 315 g/mol. The molecule has 2 aromatic rings. The first kappa shape index (κ1) is 14.9. The van der Waals surface area contributed by atoms with Crippen molar-refractivity contribution in [2.24, 2.45) is 0 Å². The molecule has 1 heterocycles. The van der Waals surface area contributed by atoms with Crippen LogP contribution in [0.25, 0.3) is 6.08 Å². The van der Waals surface area contributed by atoms with Gasteiger partial charge in [-0.1, -0.05) is 6.07 Å². The van der Waals surface area contributed by atoms with E-state index in [-0.39, 0.29) is 23.6 Å². The SMILES string of the molecule is O=C1COc2ccc(C(=O)/C=C/c3c(F)cccc3F)cc2N1. The summed E-state index contributed by atoms with van der Waals surface area (Å²) in [5, 5.41) is 2.59. The van der Waals surface area contributed by atoms with Gasteiger partial charge in [-0.25, -0.2) is 8.78 Å². The van der Waals surface area contributed by atoms with Crippen LogP contribution >= 0.6 is 0 Å². The number of benzene rings is 2. The van der Waals surface area contributed by atoms with E-state index in [0.717, 1.165) is 24.3 Å². The second-order valence-corrected chi connectivity index (χ2v) is 4.88. The quantitative estimate of drug-likeness (QED) is 0.699. The summed E-state index contributed by atoms with van der Waals surface area (Å²) in [6, 6.07) is 7.99. The Kier molecular flexibility index (Phi) is 3.89. The van der Waals surface area contributed by atoms with Crippen LogP contribution in [0.4, 0.5) is 14.5 Å². The molecule has 0 bridgehead atoms. The van der Waals surface area contributed by atoms with Crippen molar-refractivity contribution in [1.29, 1.82) is 0 Å². The van der Waals surface area contributed by atoms with Crippen molar-refractivity contribution in [2.75, 3.05) is 11.9 Å². The average molecular weight is 315 g/mol. The minimum absolute atomic E-state index is 0.0766. The molecule has 0 atom stereocenters. The first-order valence-corrected chi connectivity index (χ1v) is 6.78. The van der Waals surface area contributed by atoms with Crippen molar-refractivity contribution >= 4 is 23.5 Å². The summed E-state index contributed by atoms with van der Waals surface area (Å²) in [7, 11) is 0. The number of ketones is 1. The highest BCUT2D eigenvalue weighted by Crippen LogP contribution is 2.28. The number of hydrogen-bond donors (Lipinski definition) is 1. The van der Waals surface area contributed by atoms with E-state index in [1.54, 1.807) is 6.07 Å². The molecule has 0 aromatic heterocycles. The van der Waals surface area contributed by atoms with Crippen molar-refractivity contribution < 1.29 is 23.1 Å². The van der Waals surface area contributed by atoms with E-state index in [2.05, 4.69) is 5.32 Å². The highest BCUT2D eigenvalue weighted by atomic mass is 19.1. The van der Waals surface area contributed by atoms with E-state index in [0.29, 0.717) is 11.4 Å². The molecule has 1 aliphatic rings. The lowest BCUT2D eigenvalue weighted by Gasteiger charge is -2.17. The Morgan fingerprint density at radius 3 is 2.65 bits per heavy atom. The number of carbonyl (C=O) groups excluding carboxylic acids is 2. The predicted octanol–water partition coefficient (Wildman–Crippen LogP) is 3.19. The number of rotatable bonds is 3. The second-order valence-electron chi connectivity index (χ2n) is 4.88. The van der Waals surface area contributed by atoms with Crippen LogP contribution in [-0.2, 0) is 4.79 Å². The normalized spacial score (nSPS) is 13.4. The van der Waals surface area contributed by atoms with Crippen molar-refractivity contribution in [3.05, 3.63) is 65.2 Å². The Morgan fingerprint density at radius 1 is 1.17 bits per heavy atom. The van der Waals surface area contributed by atoms with E-state index >= 15 is 0 Å². The van der Waals surface area contributed by atoms with Crippen LogP contribution in [0.1, 0.15) is 15.9 Å². The van der Waals surface area contributed by atoms with E-state index in [1.165, 1.54) is 18.2 Å². The third kappa shape index (κ3) is 3.11. The van der Waals surface area contributed by atoms with Gasteiger partial charge < -0.3 is 10.1 Å². The van der Waals surface area contributed by atoms with Gasteiger partial charge in [0.05, 0.1) is 5.69 Å². The maximum atomic E-state index is 13.5. The van der Waals surface area contributed by atoms with Crippen molar-refractivity contribution in [3.8, 4) is 5.75 Å². The van der Waals surface area contributed by atoms with Gasteiger partial charge in [0, 0.05) is 11.1 Å². The van der Waals surface area contributed by atoms with Crippen LogP contribution < -0.4 is 10.1 Å². The number of allylic oxidation sites excluding steroid dienone is 1. The number of hydrogen-bond acceptors (Lipinski definition) is 3. The lowest BCUT2D eigenvalue weighted by atomic mass is 10.1. The molecule has 0 saturated carbocycles. The Bertz CT molecular complexity index is 810. The molecular weight excluding hydrogens is 304 g/mol. The van der Waals surface area contributed by atoms with Gasteiger partial charge in [-0.15, -0.1) is 0 Å².